The van der Waals surface area contributed by atoms with E-state index in [1.54, 1.807) is 14.2 Å². The van der Waals surface area contributed by atoms with Gasteiger partial charge in [0.25, 0.3) is 0 Å². The standard InChI is InChI=1S/C30H48F2N2O4/c1-33-20-23(18-22-11-13-25(38-3)14-12-22)19-28(35)34-16-7-8-24(21-34)30(36,15-4-5-17-37-2)26-9-6-10-27(31)29(26)32/h6,9-10,22-25,33,36H,4-5,7-8,11-21H2,1-3H3/t22?,23-,24-,25?,30-/m1/s1. The molecular weight excluding hydrogens is 490 g/mol. The van der Waals surface area contributed by atoms with Gasteiger partial charge in [0, 0.05) is 51.8 Å². The Hall–Kier alpha value is -1.61. The smallest absolute Gasteiger partial charge is 0.222 e. The predicted octanol–water partition coefficient (Wildman–Crippen LogP) is 5.03. The Morgan fingerprint density at radius 3 is 2.63 bits per heavy atom. The van der Waals surface area contributed by atoms with E-state index < -0.39 is 17.2 Å². The second-order valence-corrected chi connectivity index (χ2v) is 11.4. The molecule has 3 rings (SSSR count). The van der Waals surface area contributed by atoms with Gasteiger partial charge in [-0.05, 0) is 95.7 Å². The quantitative estimate of drug-likeness (QED) is 0.325. The molecule has 1 saturated carbocycles. The highest BCUT2D eigenvalue weighted by Crippen LogP contribution is 2.41. The van der Waals surface area contributed by atoms with Gasteiger partial charge in [-0.25, -0.2) is 8.78 Å². The number of unbranched alkanes of at least 4 members (excludes halogenated alkanes) is 1. The number of carbonyl (C=O) groups excluding carboxylic acids is 1. The third-order valence-corrected chi connectivity index (χ3v) is 8.77. The Kier molecular flexibility index (Phi) is 12.4. The Bertz CT molecular complexity index is 865. The van der Waals surface area contributed by atoms with Crippen molar-refractivity contribution in [2.75, 3.05) is 47.5 Å². The van der Waals surface area contributed by atoms with Crippen LogP contribution in [0.15, 0.2) is 18.2 Å². The van der Waals surface area contributed by atoms with Gasteiger partial charge < -0.3 is 24.8 Å². The maximum Gasteiger partial charge on any atom is 0.222 e. The van der Waals surface area contributed by atoms with Crippen LogP contribution in [-0.4, -0.2) is 69.5 Å². The van der Waals surface area contributed by atoms with Crippen LogP contribution in [0, 0.1) is 29.4 Å². The summed E-state index contributed by atoms with van der Waals surface area (Å²) in [5.74, 6) is -1.40. The van der Waals surface area contributed by atoms with E-state index in [0.29, 0.717) is 57.4 Å². The van der Waals surface area contributed by atoms with Gasteiger partial charge in [0.2, 0.25) is 5.91 Å². The van der Waals surface area contributed by atoms with E-state index >= 15 is 0 Å². The Morgan fingerprint density at radius 1 is 1.18 bits per heavy atom. The number of likely N-dealkylation sites (tertiary alicyclic amines) is 1. The molecule has 0 bridgehead atoms. The lowest BCUT2D eigenvalue weighted by atomic mass is 9.73. The summed E-state index contributed by atoms with van der Waals surface area (Å²) in [7, 11) is 5.32. The van der Waals surface area contributed by atoms with Crippen molar-refractivity contribution in [2.45, 2.75) is 82.3 Å². The van der Waals surface area contributed by atoms with Gasteiger partial charge in [-0.15, -0.1) is 0 Å². The molecule has 0 radical (unpaired) electrons. The molecule has 1 aliphatic heterocycles. The fraction of sp³-hybridized carbons (Fsp3) is 0.767. The minimum Gasteiger partial charge on any atom is -0.385 e. The number of halogens is 2. The molecule has 2 N–H and O–H groups in total. The van der Waals surface area contributed by atoms with Gasteiger partial charge in [-0.3, -0.25) is 4.79 Å². The van der Waals surface area contributed by atoms with Crippen LogP contribution in [0.1, 0.15) is 76.2 Å². The first-order valence-electron chi connectivity index (χ1n) is 14.4. The first kappa shape index (κ1) is 30.9. The third kappa shape index (κ3) is 8.20. The molecule has 6 nitrogen and oxygen atoms in total. The first-order chi connectivity index (χ1) is 18.3. The second kappa shape index (κ2) is 15.2. The molecule has 1 aromatic rings. The Morgan fingerprint density at radius 2 is 1.95 bits per heavy atom. The summed E-state index contributed by atoms with van der Waals surface area (Å²) in [4.78, 5) is 15.3. The van der Waals surface area contributed by atoms with Crippen molar-refractivity contribution >= 4 is 5.91 Å². The molecule has 0 aromatic heterocycles. The van der Waals surface area contributed by atoms with Crippen LogP contribution < -0.4 is 5.32 Å². The van der Waals surface area contributed by atoms with E-state index in [9.17, 15) is 18.7 Å². The minimum absolute atomic E-state index is 0.00561. The predicted molar refractivity (Wildman–Crippen MR) is 145 cm³/mol. The normalized spacial score (nSPS) is 24.7. The summed E-state index contributed by atoms with van der Waals surface area (Å²) in [5.41, 5.74) is -1.56. The highest BCUT2D eigenvalue weighted by Gasteiger charge is 2.43. The lowest BCUT2D eigenvalue weighted by molar-refractivity contribution is -0.138. The summed E-state index contributed by atoms with van der Waals surface area (Å²) in [5, 5.41) is 15.2. The zero-order valence-corrected chi connectivity index (χ0v) is 23.5. The number of hydrogen-bond donors (Lipinski definition) is 2. The van der Waals surface area contributed by atoms with Gasteiger partial charge in [0.15, 0.2) is 11.6 Å². The Labute approximate surface area is 227 Å². The van der Waals surface area contributed by atoms with E-state index in [1.807, 2.05) is 11.9 Å². The summed E-state index contributed by atoms with van der Waals surface area (Å²) >= 11 is 0. The van der Waals surface area contributed by atoms with Gasteiger partial charge in [-0.2, -0.15) is 0 Å². The van der Waals surface area contributed by atoms with Crippen molar-refractivity contribution in [1.82, 2.24) is 10.2 Å². The van der Waals surface area contributed by atoms with E-state index in [4.69, 9.17) is 9.47 Å². The van der Waals surface area contributed by atoms with E-state index in [0.717, 1.165) is 51.1 Å². The molecule has 2 aliphatic rings. The second-order valence-electron chi connectivity index (χ2n) is 11.4. The van der Waals surface area contributed by atoms with Gasteiger partial charge in [0.05, 0.1) is 11.7 Å². The molecular formula is C30H48F2N2O4. The van der Waals surface area contributed by atoms with E-state index in [-0.39, 0.29) is 29.7 Å². The number of aliphatic hydroxyl groups is 1. The topological polar surface area (TPSA) is 71.0 Å². The number of ether oxygens (including phenoxy) is 2. The minimum atomic E-state index is -1.55. The Balaban J connectivity index is 1.69. The molecule has 3 atom stereocenters. The number of methoxy groups -OCH3 is 2. The number of benzene rings is 1. The largest absolute Gasteiger partial charge is 0.385 e. The van der Waals surface area contributed by atoms with Crippen molar-refractivity contribution < 1.29 is 28.2 Å². The number of nitrogens with one attached hydrogen (secondary N) is 1. The van der Waals surface area contributed by atoms with Crippen molar-refractivity contribution in [1.29, 1.82) is 0 Å². The monoisotopic (exact) mass is 538 g/mol. The van der Waals surface area contributed by atoms with E-state index in [2.05, 4.69) is 5.32 Å². The molecule has 1 heterocycles. The van der Waals surface area contributed by atoms with Crippen LogP contribution in [0.5, 0.6) is 0 Å². The maximum atomic E-state index is 15.0. The van der Waals surface area contributed by atoms with Crippen molar-refractivity contribution in [3.63, 3.8) is 0 Å². The lowest BCUT2D eigenvalue weighted by Gasteiger charge is -2.43. The van der Waals surface area contributed by atoms with Gasteiger partial charge >= 0.3 is 0 Å². The summed E-state index contributed by atoms with van der Waals surface area (Å²) in [6.07, 6.45) is 9.24. The average Bonchev–Trinajstić information content (AvgIpc) is 2.93. The number of rotatable bonds is 14. The molecule has 1 aliphatic carbocycles. The van der Waals surface area contributed by atoms with Crippen LogP contribution >= 0.6 is 0 Å². The molecule has 0 spiro atoms. The molecule has 2 fully saturated rings. The third-order valence-electron chi connectivity index (χ3n) is 8.77. The molecule has 1 saturated heterocycles. The average molecular weight is 539 g/mol. The number of amides is 1. The molecule has 1 amide bonds. The van der Waals surface area contributed by atoms with Gasteiger partial charge in [-0.1, -0.05) is 12.1 Å². The summed E-state index contributed by atoms with van der Waals surface area (Å²) in [6, 6.07) is 4.00. The van der Waals surface area contributed by atoms with Crippen LogP contribution in [-0.2, 0) is 19.9 Å². The molecule has 8 heteroatoms. The molecule has 1 aromatic carbocycles. The molecule has 0 unspecified atom stereocenters. The first-order valence-corrected chi connectivity index (χ1v) is 14.4. The van der Waals surface area contributed by atoms with Gasteiger partial charge in [0.1, 0.15) is 0 Å². The fourth-order valence-corrected chi connectivity index (χ4v) is 6.61. The van der Waals surface area contributed by atoms with Crippen molar-refractivity contribution in [3.8, 4) is 0 Å². The van der Waals surface area contributed by atoms with Crippen molar-refractivity contribution in [3.05, 3.63) is 35.4 Å². The highest BCUT2D eigenvalue weighted by atomic mass is 19.2. The van der Waals surface area contributed by atoms with Crippen LogP contribution in [0.3, 0.4) is 0 Å². The SMILES string of the molecule is CNC[C@@H](CC(=O)N1CCC[C@@H]([C@](O)(CCCCOC)c2cccc(F)c2F)C1)CC1CCC(OC)CC1. The zero-order valence-electron chi connectivity index (χ0n) is 23.5. The van der Waals surface area contributed by atoms with Crippen LogP contribution in [0.25, 0.3) is 0 Å². The zero-order chi connectivity index (χ0) is 27.5. The fourth-order valence-electron chi connectivity index (χ4n) is 6.61. The number of hydrogen-bond acceptors (Lipinski definition) is 5. The van der Waals surface area contributed by atoms with E-state index in [1.165, 1.54) is 12.1 Å². The lowest BCUT2D eigenvalue weighted by Crippen LogP contribution is -2.49. The molecule has 216 valence electrons. The number of piperidine rings is 1. The van der Waals surface area contributed by atoms with Crippen LogP contribution in [0.4, 0.5) is 8.78 Å². The number of carbonyl (C=O) groups is 1. The summed E-state index contributed by atoms with van der Waals surface area (Å²) in [6.45, 7) is 2.30. The highest BCUT2D eigenvalue weighted by molar-refractivity contribution is 5.76. The van der Waals surface area contributed by atoms with Crippen LogP contribution in [0.2, 0.25) is 0 Å². The summed E-state index contributed by atoms with van der Waals surface area (Å²) < 4.78 is 39.8. The number of nitrogens with zero attached hydrogens (tertiary/aromatic N) is 1. The maximum absolute atomic E-state index is 15.0. The molecule has 38 heavy (non-hydrogen) atoms. The van der Waals surface area contributed by atoms with Crippen molar-refractivity contribution in [2.24, 2.45) is 17.8 Å².